The average Bonchev–Trinajstić information content (AvgIpc) is 2.46. The van der Waals surface area contributed by atoms with E-state index in [9.17, 15) is 9.90 Å². The highest BCUT2D eigenvalue weighted by atomic mass is 79.9. The van der Waals surface area contributed by atoms with Gasteiger partial charge in [0.15, 0.2) is 0 Å². The van der Waals surface area contributed by atoms with Crippen LogP contribution in [-0.4, -0.2) is 16.1 Å². The van der Waals surface area contributed by atoms with E-state index in [2.05, 4.69) is 36.8 Å². The highest BCUT2D eigenvalue weighted by Gasteiger charge is 2.13. The number of aromatic nitrogens is 1. The second-order valence-corrected chi connectivity index (χ2v) is 6.36. The van der Waals surface area contributed by atoms with E-state index in [4.69, 9.17) is 0 Å². The van der Waals surface area contributed by atoms with Gasteiger partial charge < -0.3 is 5.11 Å². The molecule has 3 aromatic rings. The fourth-order valence-electron chi connectivity index (χ4n) is 2.14. The third kappa shape index (κ3) is 2.84. The Morgan fingerprint density at radius 3 is 2.29 bits per heavy atom. The van der Waals surface area contributed by atoms with Gasteiger partial charge in [0.25, 0.3) is 0 Å². The van der Waals surface area contributed by atoms with Crippen LogP contribution in [0.2, 0.25) is 0 Å². The minimum atomic E-state index is -0.959. The average molecular weight is 407 g/mol. The van der Waals surface area contributed by atoms with Crippen molar-refractivity contribution < 1.29 is 9.90 Å². The molecule has 5 heteroatoms. The lowest BCUT2D eigenvalue weighted by molar-refractivity contribution is 0.0699. The van der Waals surface area contributed by atoms with Crippen molar-refractivity contribution >= 4 is 48.7 Å². The Balaban J connectivity index is 2.28. The van der Waals surface area contributed by atoms with E-state index in [0.717, 1.165) is 14.5 Å². The van der Waals surface area contributed by atoms with Crippen molar-refractivity contribution in [3.05, 3.63) is 63.0 Å². The number of carboxylic acid groups (broad SMARTS) is 1. The van der Waals surface area contributed by atoms with Gasteiger partial charge in [0, 0.05) is 19.9 Å². The van der Waals surface area contributed by atoms with Crippen LogP contribution in [0.25, 0.3) is 22.2 Å². The van der Waals surface area contributed by atoms with Crippen LogP contribution >= 0.6 is 31.9 Å². The highest BCUT2D eigenvalue weighted by molar-refractivity contribution is 9.10. The third-order valence-electron chi connectivity index (χ3n) is 3.14. The molecule has 104 valence electrons. The molecule has 0 unspecified atom stereocenters. The number of fused-ring (bicyclic) bond motifs is 1. The third-order valence-corrected chi connectivity index (χ3v) is 4.16. The Hall–Kier alpha value is -1.72. The van der Waals surface area contributed by atoms with Gasteiger partial charge in [-0.2, -0.15) is 0 Å². The van der Waals surface area contributed by atoms with Crippen molar-refractivity contribution in [3.8, 4) is 11.3 Å². The van der Waals surface area contributed by atoms with E-state index >= 15 is 0 Å². The quantitative estimate of drug-likeness (QED) is 0.642. The van der Waals surface area contributed by atoms with E-state index in [1.54, 1.807) is 12.1 Å². The number of rotatable bonds is 2. The van der Waals surface area contributed by atoms with Crippen molar-refractivity contribution in [1.29, 1.82) is 0 Å². The first-order chi connectivity index (χ1) is 10.0. The highest BCUT2D eigenvalue weighted by Crippen LogP contribution is 2.27. The normalized spacial score (nSPS) is 10.8. The maximum Gasteiger partial charge on any atom is 0.336 e. The number of carboxylic acids is 1. The molecule has 2 aromatic carbocycles. The molecule has 0 aliphatic carbocycles. The Kier molecular flexibility index (Phi) is 3.78. The number of aromatic carboxylic acids is 1. The summed E-state index contributed by atoms with van der Waals surface area (Å²) in [5.41, 5.74) is 2.44. The van der Waals surface area contributed by atoms with Gasteiger partial charge in [-0.15, -0.1) is 0 Å². The molecule has 1 N–H and O–H groups in total. The van der Waals surface area contributed by atoms with Crippen LogP contribution in [0.3, 0.4) is 0 Å². The van der Waals surface area contributed by atoms with Crippen molar-refractivity contribution in [1.82, 2.24) is 4.98 Å². The minimum absolute atomic E-state index is 0.249. The van der Waals surface area contributed by atoms with Crippen LogP contribution in [0.5, 0.6) is 0 Å². The van der Waals surface area contributed by atoms with E-state index in [-0.39, 0.29) is 5.56 Å². The summed E-state index contributed by atoms with van der Waals surface area (Å²) in [4.78, 5) is 16.1. The number of carbonyl (C=O) groups is 1. The zero-order valence-corrected chi connectivity index (χ0v) is 13.8. The lowest BCUT2D eigenvalue weighted by Gasteiger charge is -2.07. The molecule has 0 radical (unpaired) electrons. The molecule has 1 aromatic heterocycles. The van der Waals surface area contributed by atoms with Crippen molar-refractivity contribution in [3.63, 3.8) is 0 Å². The molecule has 3 nitrogen and oxygen atoms in total. The number of nitrogens with zero attached hydrogens (tertiary/aromatic N) is 1. The van der Waals surface area contributed by atoms with E-state index in [0.29, 0.717) is 16.6 Å². The molecule has 0 bridgehead atoms. The number of pyridine rings is 1. The monoisotopic (exact) mass is 405 g/mol. The summed E-state index contributed by atoms with van der Waals surface area (Å²) in [5.74, 6) is -0.959. The van der Waals surface area contributed by atoms with Gasteiger partial charge >= 0.3 is 5.97 Å². The molecule has 0 spiro atoms. The summed E-state index contributed by atoms with van der Waals surface area (Å²) in [5, 5.41) is 10.1. The minimum Gasteiger partial charge on any atom is -0.478 e. The van der Waals surface area contributed by atoms with Gasteiger partial charge in [-0.05, 0) is 36.4 Å². The molecule has 21 heavy (non-hydrogen) atoms. The largest absolute Gasteiger partial charge is 0.478 e. The molecule has 0 atom stereocenters. The maximum atomic E-state index is 11.5. The molecule has 0 amide bonds. The number of benzene rings is 2. The molecular formula is C16H9Br2NO2. The van der Waals surface area contributed by atoms with E-state index < -0.39 is 5.97 Å². The van der Waals surface area contributed by atoms with Crippen LogP contribution in [0.4, 0.5) is 0 Å². The van der Waals surface area contributed by atoms with Crippen LogP contribution in [0.15, 0.2) is 57.5 Å². The summed E-state index contributed by atoms with van der Waals surface area (Å²) in [7, 11) is 0. The molecule has 0 saturated carbocycles. The zero-order chi connectivity index (χ0) is 15.0. The van der Waals surface area contributed by atoms with Crippen LogP contribution in [0, 0.1) is 0 Å². The Bertz CT molecular complexity index is 845. The van der Waals surface area contributed by atoms with Gasteiger partial charge in [-0.25, -0.2) is 9.78 Å². The van der Waals surface area contributed by atoms with Crippen molar-refractivity contribution in [2.75, 3.05) is 0 Å². The van der Waals surface area contributed by atoms with Crippen molar-refractivity contribution in [2.45, 2.75) is 0 Å². The van der Waals surface area contributed by atoms with Gasteiger partial charge in [0.2, 0.25) is 0 Å². The smallest absolute Gasteiger partial charge is 0.336 e. The first kappa shape index (κ1) is 14.2. The fraction of sp³-hybridized carbons (Fsp3) is 0. The fourth-order valence-corrected chi connectivity index (χ4v) is 2.77. The maximum absolute atomic E-state index is 11.5. The summed E-state index contributed by atoms with van der Waals surface area (Å²) in [6.45, 7) is 0. The lowest BCUT2D eigenvalue weighted by atomic mass is 10.0. The molecule has 0 aliphatic heterocycles. The van der Waals surface area contributed by atoms with Gasteiger partial charge in [0.05, 0.1) is 16.8 Å². The molecule has 0 aliphatic rings. The van der Waals surface area contributed by atoms with Gasteiger partial charge in [0.1, 0.15) is 0 Å². The zero-order valence-electron chi connectivity index (χ0n) is 10.7. The van der Waals surface area contributed by atoms with Crippen LogP contribution in [-0.2, 0) is 0 Å². The second-order valence-electron chi connectivity index (χ2n) is 4.53. The Labute approximate surface area is 137 Å². The number of halogens is 2. The summed E-state index contributed by atoms with van der Waals surface area (Å²) >= 11 is 6.74. The van der Waals surface area contributed by atoms with Gasteiger partial charge in [-0.1, -0.05) is 44.0 Å². The first-order valence-electron chi connectivity index (χ1n) is 6.14. The van der Waals surface area contributed by atoms with E-state index in [1.807, 2.05) is 36.4 Å². The second kappa shape index (κ2) is 5.58. The summed E-state index contributed by atoms with van der Waals surface area (Å²) in [6, 6.07) is 14.7. The predicted octanol–water partition coefficient (Wildman–Crippen LogP) is 5.13. The Morgan fingerprint density at radius 2 is 1.62 bits per heavy atom. The number of hydrogen-bond donors (Lipinski definition) is 1. The molecule has 1 heterocycles. The summed E-state index contributed by atoms with van der Waals surface area (Å²) in [6.07, 6.45) is 0. The van der Waals surface area contributed by atoms with Crippen molar-refractivity contribution in [2.24, 2.45) is 0 Å². The SMILES string of the molecule is O=C(O)c1cc(-c2ccc(Br)cc2)nc2ccc(Br)cc12. The molecule has 0 saturated heterocycles. The van der Waals surface area contributed by atoms with E-state index in [1.165, 1.54) is 0 Å². The molecule has 3 rings (SSSR count). The number of hydrogen-bond acceptors (Lipinski definition) is 2. The molecule has 0 fully saturated rings. The van der Waals surface area contributed by atoms with Crippen LogP contribution < -0.4 is 0 Å². The first-order valence-corrected chi connectivity index (χ1v) is 7.73. The Morgan fingerprint density at radius 1 is 0.952 bits per heavy atom. The summed E-state index contributed by atoms with van der Waals surface area (Å²) < 4.78 is 1.80. The van der Waals surface area contributed by atoms with Crippen LogP contribution in [0.1, 0.15) is 10.4 Å². The van der Waals surface area contributed by atoms with Gasteiger partial charge in [-0.3, -0.25) is 0 Å². The molecular weight excluding hydrogens is 398 g/mol. The topological polar surface area (TPSA) is 50.2 Å². The standard InChI is InChI=1S/C16H9Br2NO2/c17-10-3-1-9(2-4-10)15-8-13(16(20)21)12-7-11(18)5-6-14(12)19-15/h1-8H,(H,20,21). The lowest BCUT2D eigenvalue weighted by Crippen LogP contribution is -2.00. The predicted molar refractivity (Wildman–Crippen MR) is 89.5 cm³/mol.